The molecule has 35 heavy (non-hydrogen) atoms. The highest BCUT2D eigenvalue weighted by Gasteiger charge is 2.29. The standard InChI is InChI=1S/C26H36N4O3S2/c1-5-35(32,33)30-8-6-18(7-9-30)24-14-29-25-22(24)11-19(12-23(25)26(27)31)20-10-21(34-15-20)13-28-17(4)16(2)3/h10-12,14-18,28-29H,5-9,13H2,1-4H3,(H2,27,31). The summed E-state index contributed by atoms with van der Waals surface area (Å²) < 4.78 is 26.1. The number of carbonyl (C=O) groups excluding carboxylic acids is 1. The maximum absolute atomic E-state index is 12.3. The van der Waals surface area contributed by atoms with Crippen molar-refractivity contribution in [1.82, 2.24) is 14.6 Å². The van der Waals surface area contributed by atoms with Crippen molar-refractivity contribution < 1.29 is 13.2 Å². The molecule has 1 aliphatic rings. The van der Waals surface area contributed by atoms with Crippen molar-refractivity contribution in [3.05, 3.63) is 45.8 Å². The Hall–Kier alpha value is -2.20. The predicted octanol–water partition coefficient (Wildman–Crippen LogP) is 4.66. The van der Waals surface area contributed by atoms with Gasteiger partial charge in [-0.1, -0.05) is 13.8 Å². The topological polar surface area (TPSA) is 108 Å². The average Bonchev–Trinajstić information content (AvgIpc) is 3.49. The van der Waals surface area contributed by atoms with Gasteiger partial charge in [0.15, 0.2) is 0 Å². The summed E-state index contributed by atoms with van der Waals surface area (Å²) in [5.74, 6) is 0.459. The SMILES string of the molecule is CCS(=O)(=O)N1CCC(c2c[nH]c3c(C(N)=O)cc(-c4csc(CNC(C)C(C)C)c4)cc23)CC1. The number of fused-ring (bicyclic) bond motifs is 1. The molecule has 9 heteroatoms. The lowest BCUT2D eigenvalue weighted by Gasteiger charge is -2.31. The number of nitrogens with zero attached hydrogens (tertiary/aromatic N) is 1. The van der Waals surface area contributed by atoms with E-state index < -0.39 is 15.9 Å². The Morgan fingerprint density at radius 2 is 1.91 bits per heavy atom. The Kier molecular flexibility index (Phi) is 7.71. The maximum Gasteiger partial charge on any atom is 0.250 e. The van der Waals surface area contributed by atoms with Crippen molar-refractivity contribution >= 4 is 38.2 Å². The van der Waals surface area contributed by atoms with E-state index in [0.29, 0.717) is 30.6 Å². The van der Waals surface area contributed by atoms with Crippen molar-refractivity contribution in [3.63, 3.8) is 0 Å². The summed E-state index contributed by atoms with van der Waals surface area (Å²) in [7, 11) is -3.17. The number of rotatable bonds is 9. The van der Waals surface area contributed by atoms with Gasteiger partial charge in [-0.15, -0.1) is 11.3 Å². The minimum absolute atomic E-state index is 0.130. The number of carbonyl (C=O) groups is 1. The fraction of sp³-hybridized carbons (Fsp3) is 0.500. The van der Waals surface area contributed by atoms with Crippen LogP contribution in [0, 0.1) is 5.92 Å². The third-order valence-electron chi connectivity index (χ3n) is 7.32. The number of aromatic nitrogens is 1. The highest BCUT2D eigenvalue weighted by atomic mass is 32.2. The lowest BCUT2D eigenvalue weighted by Crippen LogP contribution is -2.38. The number of nitrogens with two attached hydrogens (primary N) is 1. The summed E-state index contributed by atoms with van der Waals surface area (Å²) >= 11 is 1.71. The van der Waals surface area contributed by atoms with Crippen molar-refractivity contribution in [2.75, 3.05) is 18.8 Å². The Balaban J connectivity index is 1.63. The first-order valence-electron chi connectivity index (χ1n) is 12.3. The normalized spacial score (nSPS) is 16.8. The number of H-pyrrole nitrogens is 1. The summed E-state index contributed by atoms with van der Waals surface area (Å²) in [5.41, 5.74) is 10.2. The number of thiophene rings is 1. The molecule has 190 valence electrons. The molecule has 1 saturated heterocycles. The number of primary amides is 1. The molecule has 0 bridgehead atoms. The minimum Gasteiger partial charge on any atom is -0.366 e. The number of hydrogen-bond donors (Lipinski definition) is 3. The van der Waals surface area contributed by atoms with Crippen LogP contribution >= 0.6 is 11.3 Å². The quantitative estimate of drug-likeness (QED) is 0.384. The smallest absolute Gasteiger partial charge is 0.250 e. The van der Waals surface area contributed by atoms with Gasteiger partial charge in [0.25, 0.3) is 5.91 Å². The van der Waals surface area contributed by atoms with Crippen LogP contribution in [0.15, 0.2) is 29.8 Å². The summed E-state index contributed by atoms with van der Waals surface area (Å²) in [6.45, 7) is 10.1. The third kappa shape index (κ3) is 5.48. The van der Waals surface area contributed by atoms with Gasteiger partial charge in [-0.3, -0.25) is 4.79 Å². The Bertz CT molecular complexity index is 1300. The molecular formula is C26H36N4O3S2. The van der Waals surface area contributed by atoms with Crippen molar-refractivity contribution in [1.29, 1.82) is 0 Å². The van der Waals surface area contributed by atoms with E-state index in [-0.39, 0.29) is 11.7 Å². The van der Waals surface area contributed by atoms with Gasteiger partial charge >= 0.3 is 0 Å². The van der Waals surface area contributed by atoms with E-state index in [2.05, 4.69) is 48.6 Å². The van der Waals surface area contributed by atoms with Crippen LogP contribution in [0.4, 0.5) is 0 Å². The average molecular weight is 517 g/mol. The van der Waals surface area contributed by atoms with Gasteiger partial charge in [-0.25, -0.2) is 12.7 Å². The van der Waals surface area contributed by atoms with E-state index in [4.69, 9.17) is 5.73 Å². The highest BCUT2D eigenvalue weighted by Crippen LogP contribution is 2.38. The van der Waals surface area contributed by atoms with Crippen LogP contribution in [0.5, 0.6) is 0 Å². The molecule has 7 nitrogen and oxygen atoms in total. The van der Waals surface area contributed by atoms with Gasteiger partial charge in [-0.2, -0.15) is 0 Å². The summed E-state index contributed by atoms with van der Waals surface area (Å²) in [5, 5.41) is 6.69. The van der Waals surface area contributed by atoms with E-state index in [0.717, 1.165) is 47.0 Å². The number of benzene rings is 1. The molecule has 4 rings (SSSR count). The van der Waals surface area contributed by atoms with Crippen LogP contribution < -0.4 is 11.1 Å². The molecule has 0 saturated carbocycles. The summed E-state index contributed by atoms with van der Waals surface area (Å²) in [6.07, 6.45) is 3.47. The zero-order valence-electron chi connectivity index (χ0n) is 20.9. The van der Waals surface area contributed by atoms with Crippen LogP contribution in [-0.2, 0) is 16.6 Å². The molecule has 3 aromatic rings. The fourth-order valence-electron chi connectivity index (χ4n) is 4.70. The molecule has 3 heterocycles. The number of piperidine rings is 1. The lowest BCUT2D eigenvalue weighted by molar-refractivity contribution is 0.100. The van der Waals surface area contributed by atoms with Crippen LogP contribution in [-0.4, -0.2) is 48.5 Å². The molecule has 0 spiro atoms. The van der Waals surface area contributed by atoms with Crippen LogP contribution in [0.2, 0.25) is 0 Å². The molecular weight excluding hydrogens is 480 g/mol. The predicted molar refractivity (Wildman–Crippen MR) is 144 cm³/mol. The monoisotopic (exact) mass is 516 g/mol. The molecule has 1 amide bonds. The largest absolute Gasteiger partial charge is 0.366 e. The first kappa shape index (κ1) is 25.9. The second-order valence-electron chi connectivity index (χ2n) is 9.84. The lowest BCUT2D eigenvalue weighted by atomic mass is 9.88. The number of amides is 1. The highest BCUT2D eigenvalue weighted by molar-refractivity contribution is 7.89. The van der Waals surface area contributed by atoms with E-state index in [1.165, 1.54) is 4.88 Å². The molecule has 4 N–H and O–H groups in total. The van der Waals surface area contributed by atoms with Crippen LogP contribution in [0.25, 0.3) is 22.0 Å². The van der Waals surface area contributed by atoms with Gasteiger partial charge in [-0.05, 0) is 78.8 Å². The van der Waals surface area contributed by atoms with Gasteiger partial charge in [0.2, 0.25) is 10.0 Å². The van der Waals surface area contributed by atoms with Gasteiger partial charge in [0, 0.05) is 42.1 Å². The Labute approximate surface area is 212 Å². The van der Waals surface area contributed by atoms with E-state index in [1.807, 2.05) is 12.3 Å². The van der Waals surface area contributed by atoms with Crippen molar-refractivity contribution in [2.45, 2.75) is 59.0 Å². The van der Waals surface area contributed by atoms with Gasteiger partial charge in [0.1, 0.15) is 0 Å². The molecule has 1 fully saturated rings. The van der Waals surface area contributed by atoms with E-state index >= 15 is 0 Å². The third-order valence-corrected chi connectivity index (χ3v) is 10.1. The first-order chi connectivity index (χ1) is 16.6. The molecule has 1 aromatic carbocycles. The first-order valence-corrected chi connectivity index (χ1v) is 14.8. The van der Waals surface area contributed by atoms with Crippen molar-refractivity contribution in [2.24, 2.45) is 11.7 Å². The molecule has 1 unspecified atom stereocenters. The van der Waals surface area contributed by atoms with Gasteiger partial charge in [0.05, 0.1) is 16.8 Å². The van der Waals surface area contributed by atoms with Crippen LogP contribution in [0.1, 0.15) is 67.3 Å². The Morgan fingerprint density at radius 3 is 2.54 bits per heavy atom. The zero-order valence-corrected chi connectivity index (χ0v) is 22.6. The summed E-state index contributed by atoms with van der Waals surface area (Å²) in [4.78, 5) is 16.9. The molecule has 1 aliphatic heterocycles. The van der Waals surface area contributed by atoms with Gasteiger partial charge < -0.3 is 16.0 Å². The fourth-order valence-corrected chi connectivity index (χ4v) is 6.68. The number of nitrogens with one attached hydrogen (secondary N) is 2. The van der Waals surface area contributed by atoms with Crippen molar-refractivity contribution in [3.8, 4) is 11.1 Å². The van der Waals surface area contributed by atoms with Crippen LogP contribution in [0.3, 0.4) is 0 Å². The Morgan fingerprint density at radius 1 is 1.20 bits per heavy atom. The maximum atomic E-state index is 12.3. The molecule has 0 radical (unpaired) electrons. The second kappa shape index (κ2) is 10.4. The minimum atomic E-state index is -3.17. The second-order valence-corrected chi connectivity index (χ2v) is 13.1. The molecule has 2 aromatic heterocycles. The number of aromatic amines is 1. The number of hydrogen-bond acceptors (Lipinski definition) is 5. The number of sulfonamides is 1. The summed E-state index contributed by atoms with van der Waals surface area (Å²) in [6, 6.07) is 6.62. The van der Waals surface area contributed by atoms with E-state index in [9.17, 15) is 13.2 Å². The molecule has 0 aliphatic carbocycles. The molecule has 1 atom stereocenters. The van der Waals surface area contributed by atoms with E-state index in [1.54, 1.807) is 22.6 Å². The zero-order chi connectivity index (χ0) is 25.3.